The smallest absolute Gasteiger partial charge is 0.254 e. The molecule has 1 aliphatic rings. The lowest BCUT2D eigenvalue weighted by Crippen LogP contribution is -2.47. The zero-order valence-corrected chi connectivity index (χ0v) is 15.6. The number of aliphatic hydroxyl groups excluding tert-OH is 1. The van der Waals surface area contributed by atoms with Crippen LogP contribution in [0.2, 0.25) is 0 Å². The third-order valence-corrected chi connectivity index (χ3v) is 4.70. The molecule has 7 nitrogen and oxygen atoms in total. The minimum Gasteiger partial charge on any atom is -0.387 e. The molecule has 1 fully saturated rings. The number of hydrogen-bond acceptors (Lipinski definition) is 4. The van der Waals surface area contributed by atoms with Crippen molar-refractivity contribution in [3.63, 3.8) is 0 Å². The molecule has 1 saturated heterocycles. The number of nitrogens with zero attached hydrogens (tertiary/aromatic N) is 2. The van der Waals surface area contributed by atoms with Crippen molar-refractivity contribution in [3.8, 4) is 0 Å². The van der Waals surface area contributed by atoms with Crippen LogP contribution in [-0.2, 0) is 9.59 Å². The number of likely N-dealkylation sites (N-methyl/N-ethyl adjacent to an activating group) is 1. The van der Waals surface area contributed by atoms with Crippen molar-refractivity contribution in [1.82, 2.24) is 15.1 Å². The summed E-state index contributed by atoms with van der Waals surface area (Å²) in [5, 5.41) is 11.6. The summed E-state index contributed by atoms with van der Waals surface area (Å²) < 4.78 is 0. The Morgan fingerprint density at radius 2 is 1.96 bits per heavy atom. The highest BCUT2D eigenvalue weighted by Crippen LogP contribution is 2.23. The van der Waals surface area contributed by atoms with Crippen LogP contribution < -0.4 is 5.32 Å². The summed E-state index contributed by atoms with van der Waals surface area (Å²) in [6, 6.07) is 6.27. The van der Waals surface area contributed by atoms with E-state index in [9.17, 15) is 14.4 Å². The van der Waals surface area contributed by atoms with E-state index in [4.69, 9.17) is 5.11 Å². The Bertz CT molecular complexity index is 673. The van der Waals surface area contributed by atoms with Crippen LogP contribution in [0.1, 0.15) is 36.2 Å². The number of nitrogens with one attached hydrogen (secondary N) is 1. The molecule has 0 radical (unpaired) electrons. The van der Waals surface area contributed by atoms with Gasteiger partial charge < -0.3 is 20.2 Å². The van der Waals surface area contributed by atoms with Gasteiger partial charge in [0.1, 0.15) is 12.6 Å². The van der Waals surface area contributed by atoms with Crippen LogP contribution >= 0.6 is 0 Å². The molecule has 26 heavy (non-hydrogen) atoms. The van der Waals surface area contributed by atoms with Gasteiger partial charge in [-0.1, -0.05) is 17.7 Å². The molecule has 2 N–H and O–H groups in total. The fourth-order valence-corrected chi connectivity index (χ4v) is 3.36. The second-order valence-corrected chi connectivity index (χ2v) is 6.51. The van der Waals surface area contributed by atoms with E-state index in [-0.39, 0.29) is 24.4 Å². The lowest BCUT2D eigenvalue weighted by molar-refractivity contribution is -0.135. The maximum atomic E-state index is 13.0. The van der Waals surface area contributed by atoms with Crippen molar-refractivity contribution in [2.75, 3.05) is 26.2 Å². The lowest BCUT2D eigenvalue weighted by atomic mass is 10.1. The average Bonchev–Trinajstić information content (AvgIpc) is 3.05. The van der Waals surface area contributed by atoms with Gasteiger partial charge in [-0.15, -0.1) is 0 Å². The predicted octanol–water partition coefficient (Wildman–Crippen LogP) is 0.555. The Morgan fingerprint density at radius 1 is 1.27 bits per heavy atom. The largest absolute Gasteiger partial charge is 0.387 e. The van der Waals surface area contributed by atoms with E-state index in [0.29, 0.717) is 25.1 Å². The van der Waals surface area contributed by atoms with E-state index >= 15 is 0 Å². The van der Waals surface area contributed by atoms with Crippen LogP contribution in [0.5, 0.6) is 0 Å². The second-order valence-electron chi connectivity index (χ2n) is 6.51. The van der Waals surface area contributed by atoms with Crippen LogP contribution in [-0.4, -0.2) is 71.0 Å². The van der Waals surface area contributed by atoms with Gasteiger partial charge in [-0.2, -0.15) is 0 Å². The highest BCUT2D eigenvalue weighted by Gasteiger charge is 2.41. The van der Waals surface area contributed by atoms with Gasteiger partial charge >= 0.3 is 0 Å². The summed E-state index contributed by atoms with van der Waals surface area (Å²) in [6.45, 7) is 6.46. The summed E-state index contributed by atoms with van der Waals surface area (Å²) in [6.07, 6.45) is 0.346. The molecule has 0 bridgehead atoms. The first-order chi connectivity index (χ1) is 12.4. The van der Waals surface area contributed by atoms with E-state index in [0.717, 1.165) is 5.56 Å². The third-order valence-electron chi connectivity index (χ3n) is 4.70. The molecule has 0 aromatic heterocycles. The van der Waals surface area contributed by atoms with Crippen molar-refractivity contribution in [1.29, 1.82) is 0 Å². The quantitative estimate of drug-likeness (QED) is 0.775. The molecule has 2 rings (SSSR count). The Kier molecular flexibility index (Phi) is 6.74. The number of benzene rings is 1. The molecule has 1 heterocycles. The first-order valence-electron chi connectivity index (χ1n) is 8.97. The van der Waals surface area contributed by atoms with Gasteiger partial charge in [-0.05, 0) is 39.3 Å². The monoisotopic (exact) mass is 361 g/mol. The number of carbonyl (C=O) groups excluding carboxylic acids is 3. The number of aliphatic hydroxyl groups is 1. The highest BCUT2D eigenvalue weighted by atomic mass is 16.3. The van der Waals surface area contributed by atoms with E-state index < -0.39 is 18.6 Å². The molecule has 2 atom stereocenters. The molecular formula is C19H27N3O4. The van der Waals surface area contributed by atoms with E-state index in [1.165, 1.54) is 4.90 Å². The molecular weight excluding hydrogens is 334 g/mol. The zero-order chi connectivity index (χ0) is 19.3. The number of carbonyl (C=O) groups is 3. The highest BCUT2D eigenvalue weighted by molar-refractivity contribution is 5.98. The fraction of sp³-hybridized carbons (Fsp3) is 0.526. The summed E-state index contributed by atoms with van der Waals surface area (Å²) in [5.41, 5.74) is 1.49. The summed E-state index contributed by atoms with van der Waals surface area (Å²) >= 11 is 0. The van der Waals surface area contributed by atoms with Gasteiger partial charge in [0.15, 0.2) is 0 Å². The van der Waals surface area contributed by atoms with E-state index in [2.05, 4.69) is 5.32 Å². The molecule has 0 aliphatic carbocycles. The summed E-state index contributed by atoms with van der Waals surface area (Å²) in [4.78, 5) is 40.7. The Morgan fingerprint density at radius 3 is 2.54 bits per heavy atom. The minimum atomic E-state index is -0.619. The molecule has 1 aliphatic heterocycles. The molecule has 142 valence electrons. The zero-order valence-electron chi connectivity index (χ0n) is 15.6. The first kappa shape index (κ1) is 19.9. The van der Waals surface area contributed by atoms with Crippen molar-refractivity contribution in [3.05, 3.63) is 35.4 Å². The Hall–Kier alpha value is -2.41. The Labute approximate surface area is 154 Å². The van der Waals surface area contributed by atoms with E-state index in [1.807, 2.05) is 32.9 Å². The van der Waals surface area contributed by atoms with Crippen molar-refractivity contribution < 1.29 is 19.5 Å². The van der Waals surface area contributed by atoms with Crippen LogP contribution in [0.4, 0.5) is 0 Å². The molecule has 3 amide bonds. The number of aryl methyl sites for hydroxylation is 1. The summed E-state index contributed by atoms with van der Waals surface area (Å²) in [5.74, 6) is -0.842. The Balaban J connectivity index is 2.27. The molecule has 0 saturated carbocycles. The van der Waals surface area contributed by atoms with Crippen molar-refractivity contribution >= 4 is 17.7 Å². The van der Waals surface area contributed by atoms with Gasteiger partial charge in [0, 0.05) is 31.2 Å². The molecule has 1 aromatic carbocycles. The van der Waals surface area contributed by atoms with Gasteiger partial charge in [0.2, 0.25) is 11.8 Å². The van der Waals surface area contributed by atoms with Crippen LogP contribution in [0.25, 0.3) is 0 Å². The topological polar surface area (TPSA) is 89.9 Å². The molecule has 1 aromatic rings. The lowest BCUT2D eigenvalue weighted by Gasteiger charge is -2.29. The van der Waals surface area contributed by atoms with Gasteiger partial charge in [-0.25, -0.2) is 0 Å². The maximum absolute atomic E-state index is 13.0. The molecule has 0 unspecified atom stereocenters. The summed E-state index contributed by atoms with van der Waals surface area (Å²) in [7, 11) is 0. The average molecular weight is 361 g/mol. The normalized spacial score (nSPS) is 19.3. The molecule has 0 spiro atoms. The van der Waals surface area contributed by atoms with Crippen LogP contribution in [0.3, 0.4) is 0 Å². The van der Waals surface area contributed by atoms with Gasteiger partial charge in [-0.3, -0.25) is 14.4 Å². The van der Waals surface area contributed by atoms with Crippen molar-refractivity contribution in [2.24, 2.45) is 0 Å². The number of hydrogen-bond donors (Lipinski definition) is 2. The number of amides is 3. The van der Waals surface area contributed by atoms with Crippen LogP contribution in [0.15, 0.2) is 24.3 Å². The maximum Gasteiger partial charge on any atom is 0.254 e. The molecule has 7 heteroatoms. The SMILES string of the molecule is CCN(CC)C(=O)[C@@H]1C[C@@H](NC(=O)CO)CN1C(=O)c1cccc(C)c1. The minimum absolute atomic E-state index is 0.114. The van der Waals surface area contributed by atoms with Gasteiger partial charge in [0.25, 0.3) is 5.91 Å². The van der Waals surface area contributed by atoms with E-state index in [1.54, 1.807) is 17.0 Å². The van der Waals surface area contributed by atoms with Crippen molar-refractivity contribution in [2.45, 2.75) is 39.3 Å². The van der Waals surface area contributed by atoms with Crippen LogP contribution in [0, 0.1) is 6.92 Å². The third kappa shape index (κ3) is 4.40. The fourth-order valence-electron chi connectivity index (χ4n) is 3.36. The number of likely N-dealkylation sites (tertiary alicyclic amines) is 1. The second kappa shape index (κ2) is 8.80. The number of rotatable bonds is 6. The first-order valence-corrected chi connectivity index (χ1v) is 8.97. The predicted molar refractivity (Wildman–Crippen MR) is 97.6 cm³/mol. The standard InChI is InChI=1S/C19H27N3O4/c1-4-21(5-2)19(26)16-10-15(20-17(24)12-23)11-22(16)18(25)14-8-6-7-13(3)9-14/h6-9,15-16,23H,4-5,10-12H2,1-3H3,(H,20,24)/t15-,16+/m1/s1. The van der Waals surface area contributed by atoms with Gasteiger partial charge in [0.05, 0.1) is 0 Å².